The molecule has 96 valence electrons. The Morgan fingerprint density at radius 2 is 2.11 bits per heavy atom. The van der Waals surface area contributed by atoms with Gasteiger partial charge in [-0.15, -0.1) is 0 Å². The molecule has 0 aliphatic carbocycles. The monoisotopic (exact) mass is 265 g/mol. The van der Waals surface area contributed by atoms with E-state index in [0.29, 0.717) is 13.2 Å². The van der Waals surface area contributed by atoms with Gasteiger partial charge in [0.25, 0.3) is 0 Å². The number of hydrogen-bond donors (Lipinski definition) is 1. The number of halogens is 1. The summed E-state index contributed by atoms with van der Waals surface area (Å²) in [5.74, 6) is 0.826. The molecule has 4 heteroatoms. The zero-order chi connectivity index (χ0) is 12.8. The lowest BCUT2D eigenvalue weighted by molar-refractivity contribution is 0.0930. The summed E-state index contributed by atoms with van der Waals surface area (Å²) in [6.07, 6.45) is 1.74. The second kappa shape index (κ2) is 6.59. The number of hydrogen-bond acceptors (Lipinski definition) is 3. The lowest BCUT2D eigenvalue weighted by Crippen LogP contribution is -2.03. The van der Waals surface area contributed by atoms with E-state index in [-0.39, 0.29) is 0 Å². The first-order valence-corrected chi connectivity index (χ1v) is 6.19. The van der Waals surface area contributed by atoms with Crippen LogP contribution in [0.4, 0.5) is 0 Å². The highest BCUT2D eigenvalue weighted by Gasteiger charge is 2.03. The second-order valence-corrected chi connectivity index (χ2v) is 4.44. The van der Waals surface area contributed by atoms with Crippen LogP contribution in [-0.4, -0.2) is 7.05 Å². The first kappa shape index (κ1) is 13.1. The molecule has 18 heavy (non-hydrogen) atoms. The van der Waals surface area contributed by atoms with Crippen LogP contribution in [0.3, 0.4) is 0 Å². The van der Waals surface area contributed by atoms with Crippen LogP contribution in [0, 0.1) is 0 Å². The minimum atomic E-state index is 0.453. The molecule has 0 aliphatic rings. The van der Waals surface area contributed by atoms with Crippen molar-refractivity contribution in [3.05, 3.63) is 58.5 Å². The number of ether oxygens (including phenoxy) is 1. The van der Waals surface area contributed by atoms with E-state index in [0.717, 1.165) is 28.5 Å². The summed E-state index contributed by atoms with van der Waals surface area (Å²) >= 11 is 6.04. The fourth-order valence-electron chi connectivity index (χ4n) is 1.68. The molecule has 0 bridgehead atoms. The van der Waals surface area contributed by atoms with Crippen LogP contribution in [0.5, 0.6) is 0 Å². The minimum absolute atomic E-state index is 0.453. The average molecular weight is 266 g/mol. The quantitative estimate of drug-likeness (QED) is 0.870. The van der Waals surface area contributed by atoms with Crippen LogP contribution in [0.1, 0.15) is 16.9 Å². The first-order valence-electron chi connectivity index (χ1n) is 5.81. The van der Waals surface area contributed by atoms with Gasteiger partial charge >= 0.3 is 0 Å². The molecule has 0 saturated heterocycles. The van der Waals surface area contributed by atoms with Gasteiger partial charge in [-0.1, -0.05) is 29.8 Å². The normalized spacial score (nSPS) is 10.8. The van der Waals surface area contributed by atoms with Gasteiger partial charge in [0.1, 0.15) is 12.4 Å². The molecule has 0 amide bonds. The van der Waals surface area contributed by atoms with E-state index in [9.17, 15) is 0 Å². The van der Waals surface area contributed by atoms with Crippen molar-refractivity contribution < 1.29 is 9.15 Å². The maximum Gasteiger partial charge on any atom is 0.129 e. The van der Waals surface area contributed by atoms with E-state index in [1.165, 1.54) is 0 Å². The Kier molecular flexibility index (Phi) is 4.81. The molecule has 0 atom stereocenters. The molecule has 0 fully saturated rings. The molecule has 1 aromatic carbocycles. The topological polar surface area (TPSA) is 34.4 Å². The summed E-state index contributed by atoms with van der Waals surface area (Å²) in [5, 5.41) is 3.80. The fourth-order valence-corrected chi connectivity index (χ4v) is 1.87. The van der Waals surface area contributed by atoms with Gasteiger partial charge in [0.15, 0.2) is 0 Å². The molecule has 1 aromatic heterocycles. The molecular weight excluding hydrogens is 250 g/mol. The van der Waals surface area contributed by atoms with Crippen LogP contribution < -0.4 is 5.32 Å². The van der Waals surface area contributed by atoms with Crippen LogP contribution in [0.25, 0.3) is 0 Å². The van der Waals surface area contributed by atoms with Crippen molar-refractivity contribution in [3.63, 3.8) is 0 Å². The predicted octanol–water partition coefficient (Wildman–Crippen LogP) is 3.37. The van der Waals surface area contributed by atoms with Gasteiger partial charge in [0.2, 0.25) is 0 Å². The van der Waals surface area contributed by atoms with E-state index in [1.807, 2.05) is 37.4 Å². The maximum atomic E-state index is 6.04. The Morgan fingerprint density at radius 1 is 1.28 bits per heavy atom. The lowest BCUT2D eigenvalue weighted by atomic mass is 10.2. The average Bonchev–Trinajstić information content (AvgIpc) is 2.80. The van der Waals surface area contributed by atoms with Crippen molar-refractivity contribution >= 4 is 11.6 Å². The standard InChI is InChI=1S/C14H16ClNO2/c1-16-7-11-6-13(18-8-11)10-17-9-12-4-2-3-5-14(12)15/h2-6,8,16H,7,9-10H2,1H3. The van der Waals surface area contributed by atoms with E-state index in [4.69, 9.17) is 20.8 Å². The molecule has 0 radical (unpaired) electrons. The van der Waals surface area contributed by atoms with Gasteiger partial charge in [-0.05, 0) is 24.7 Å². The molecule has 0 saturated carbocycles. The van der Waals surface area contributed by atoms with Crippen molar-refractivity contribution in [1.29, 1.82) is 0 Å². The molecule has 1 heterocycles. The highest BCUT2D eigenvalue weighted by atomic mass is 35.5. The Bertz CT molecular complexity index is 496. The minimum Gasteiger partial charge on any atom is -0.467 e. The van der Waals surface area contributed by atoms with Crippen LogP contribution in [-0.2, 0) is 24.5 Å². The third-order valence-corrected chi connectivity index (χ3v) is 2.92. The predicted molar refractivity (Wildman–Crippen MR) is 71.4 cm³/mol. The number of rotatable bonds is 6. The molecule has 3 nitrogen and oxygen atoms in total. The van der Waals surface area contributed by atoms with Crippen molar-refractivity contribution in [2.45, 2.75) is 19.8 Å². The molecule has 2 rings (SSSR count). The highest BCUT2D eigenvalue weighted by molar-refractivity contribution is 6.31. The second-order valence-electron chi connectivity index (χ2n) is 4.04. The Morgan fingerprint density at radius 3 is 2.89 bits per heavy atom. The molecular formula is C14H16ClNO2. The fraction of sp³-hybridized carbons (Fsp3) is 0.286. The van der Waals surface area contributed by atoms with E-state index >= 15 is 0 Å². The molecule has 1 N–H and O–H groups in total. The molecule has 0 unspecified atom stereocenters. The summed E-state index contributed by atoms with van der Waals surface area (Å²) in [6.45, 7) is 1.74. The zero-order valence-corrected chi connectivity index (χ0v) is 11.0. The smallest absolute Gasteiger partial charge is 0.129 e. The largest absolute Gasteiger partial charge is 0.467 e. The Balaban J connectivity index is 1.83. The van der Waals surface area contributed by atoms with Crippen LogP contribution in [0.15, 0.2) is 41.0 Å². The number of benzene rings is 1. The summed E-state index contributed by atoms with van der Waals surface area (Å²) in [4.78, 5) is 0. The van der Waals surface area contributed by atoms with E-state index < -0.39 is 0 Å². The highest BCUT2D eigenvalue weighted by Crippen LogP contribution is 2.17. The summed E-state index contributed by atoms with van der Waals surface area (Å²) < 4.78 is 11.0. The lowest BCUT2D eigenvalue weighted by Gasteiger charge is -2.04. The van der Waals surface area contributed by atoms with Crippen molar-refractivity contribution in [2.75, 3.05) is 7.05 Å². The third kappa shape index (κ3) is 3.60. The Hall–Kier alpha value is -1.29. The van der Waals surface area contributed by atoms with Crippen molar-refractivity contribution in [1.82, 2.24) is 5.32 Å². The zero-order valence-electron chi connectivity index (χ0n) is 10.3. The first-order chi connectivity index (χ1) is 8.79. The molecule has 2 aromatic rings. The summed E-state index contributed by atoms with van der Waals surface area (Å²) in [6, 6.07) is 9.66. The van der Waals surface area contributed by atoms with Gasteiger partial charge < -0.3 is 14.5 Å². The third-order valence-electron chi connectivity index (χ3n) is 2.55. The van der Waals surface area contributed by atoms with Crippen molar-refractivity contribution in [2.24, 2.45) is 0 Å². The van der Waals surface area contributed by atoms with E-state index in [1.54, 1.807) is 6.26 Å². The summed E-state index contributed by atoms with van der Waals surface area (Å²) in [7, 11) is 1.90. The number of nitrogens with one attached hydrogen (secondary N) is 1. The van der Waals surface area contributed by atoms with Gasteiger partial charge in [0, 0.05) is 17.1 Å². The van der Waals surface area contributed by atoms with Crippen LogP contribution >= 0.6 is 11.6 Å². The number of furan rings is 1. The maximum absolute atomic E-state index is 6.04. The molecule has 0 aliphatic heterocycles. The Labute approximate surface area is 112 Å². The van der Waals surface area contributed by atoms with Crippen LogP contribution in [0.2, 0.25) is 5.02 Å². The van der Waals surface area contributed by atoms with Gasteiger partial charge in [-0.3, -0.25) is 0 Å². The SMILES string of the molecule is CNCc1coc(COCc2ccccc2Cl)c1. The van der Waals surface area contributed by atoms with Gasteiger partial charge in [-0.25, -0.2) is 0 Å². The van der Waals surface area contributed by atoms with Gasteiger partial charge in [-0.2, -0.15) is 0 Å². The van der Waals surface area contributed by atoms with Crippen molar-refractivity contribution in [3.8, 4) is 0 Å². The van der Waals surface area contributed by atoms with Gasteiger partial charge in [0.05, 0.1) is 12.9 Å². The molecule has 0 spiro atoms. The van der Waals surface area contributed by atoms with E-state index in [2.05, 4.69) is 5.32 Å². The summed E-state index contributed by atoms with van der Waals surface area (Å²) in [5.41, 5.74) is 2.11.